The Balaban J connectivity index is 2.00. The first kappa shape index (κ1) is 16.4. The van der Waals surface area contributed by atoms with Crippen LogP contribution < -0.4 is 5.73 Å². The van der Waals surface area contributed by atoms with Crippen molar-refractivity contribution in [1.29, 1.82) is 0 Å². The van der Waals surface area contributed by atoms with Crippen LogP contribution in [0.1, 0.15) is 25.8 Å². The van der Waals surface area contributed by atoms with E-state index in [-0.39, 0.29) is 6.61 Å². The maximum Gasteiger partial charge on any atom is 0.0772 e. The number of hydrogen-bond acceptors (Lipinski definition) is 4. The van der Waals surface area contributed by atoms with Gasteiger partial charge in [0, 0.05) is 19.1 Å². The third-order valence-electron chi connectivity index (χ3n) is 4.71. The zero-order chi connectivity index (χ0) is 15.3. The van der Waals surface area contributed by atoms with Crippen LogP contribution in [0.5, 0.6) is 0 Å². The Kier molecular flexibility index (Phi) is 5.76. The quantitative estimate of drug-likeness (QED) is 0.794. The lowest BCUT2D eigenvalue weighted by molar-refractivity contribution is 0.141. The smallest absolute Gasteiger partial charge is 0.0772 e. The van der Waals surface area contributed by atoms with Gasteiger partial charge in [0.05, 0.1) is 12.1 Å². The maximum absolute atomic E-state index is 9.80. The van der Waals surface area contributed by atoms with Crippen LogP contribution in [-0.2, 0) is 5.54 Å². The minimum Gasteiger partial charge on any atom is -0.394 e. The first-order valence-electron chi connectivity index (χ1n) is 8.04. The lowest BCUT2D eigenvalue weighted by Gasteiger charge is -2.33. The summed E-state index contributed by atoms with van der Waals surface area (Å²) in [4.78, 5) is 4.91. The van der Waals surface area contributed by atoms with Crippen LogP contribution in [0.15, 0.2) is 30.3 Å². The fourth-order valence-electron chi connectivity index (χ4n) is 3.40. The summed E-state index contributed by atoms with van der Waals surface area (Å²) < 4.78 is 0. The highest BCUT2D eigenvalue weighted by atomic mass is 16.3. The molecule has 4 heteroatoms. The molecule has 3 N–H and O–H groups in total. The van der Waals surface area contributed by atoms with Gasteiger partial charge in [0.25, 0.3) is 0 Å². The summed E-state index contributed by atoms with van der Waals surface area (Å²) in [6.07, 6.45) is 1.19. The lowest BCUT2D eigenvalue weighted by atomic mass is 9.91. The Morgan fingerprint density at radius 3 is 2.52 bits per heavy atom. The summed E-state index contributed by atoms with van der Waals surface area (Å²) in [6.45, 7) is 9.44. The van der Waals surface area contributed by atoms with E-state index in [1.54, 1.807) is 0 Å². The Morgan fingerprint density at radius 2 is 1.95 bits per heavy atom. The van der Waals surface area contributed by atoms with Crippen molar-refractivity contribution in [1.82, 2.24) is 9.80 Å². The molecular formula is C17H29N3O. The van der Waals surface area contributed by atoms with Crippen molar-refractivity contribution in [3.8, 4) is 0 Å². The van der Waals surface area contributed by atoms with Gasteiger partial charge in [-0.3, -0.25) is 9.80 Å². The minimum absolute atomic E-state index is 0.0244. The number of aliphatic hydroxyl groups is 1. The third-order valence-corrected chi connectivity index (χ3v) is 4.71. The Hall–Kier alpha value is -0.940. The van der Waals surface area contributed by atoms with E-state index in [9.17, 15) is 5.11 Å². The first-order valence-corrected chi connectivity index (χ1v) is 8.04. The second-order valence-corrected chi connectivity index (χ2v) is 6.08. The number of aliphatic hydroxyl groups excluding tert-OH is 1. The Labute approximate surface area is 128 Å². The van der Waals surface area contributed by atoms with Gasteiger partial charge in [0.15, 0.2) is 0 Å². The van der Waals surface area contributed by atoms with Gasteiger partial charge >= 0.3 is 0 Å². The number of likely N-dealkylation sites (tertiary alicyclic amines) is 1. The highest BCUT2D eigenvalue weighted by Crippen LogP contribution is 2.23. The summed E-state index contributed by atoms with van der Waals surface area (Å²) in [5, 5.41) is 9.80. The fraction of sp³-hybridized carbons (Fsp3) is 0.647. The van der Waals surface area contributed by atoms with Crippen LogP contribution in [-0.4, -0.2) is 60.3 Å². The molecule has 1 aliphatic heterocycles. The topological polar surface area (TPSA) is 52.7 Å². The van der Waals surface area contributed by atoms with Crippen LogP contribution in [0.4, 0.5) is 0 Å². The van der Waals surface area contributed by atoms with Crippen molar-refractivity contribution in [3.05, 3.63) is 35.9 Å². The van der Waals surface area contributed by atoms with Crippen molar-refractivity contribution in [3.63, 3.8) is 0 Å². The van der Waals surface area contributed by atoms with Crippen molar-refractivity contribution in [2.45, 2.75) is 31.8 Å². The number of hydrogen-bond donors (Lipinski definition) is 2. The molecule has 0 spiro atoms. The minimum atomic E-state index is -0.667. The van der Waals surface area contributed by atoms with Gasteiger partial charge in [-0.25, -0.2) is 0 Å². The molecule has 4 nitrogen and oxygen atoms in total. The van der Waals surface area contributed by atoms with Gasteiger partial charge in [-0.15, -0.1) is 0 Å². The van der Waals surface area contributed by atoms with E-state index in [4.69, 9.17) is 5.73 Å². The highest BCUT2D eigenvalue weighted by molar-refractivity contribution is 5.24. The van der Waals surface area contributed by atoms with E-state index in [2.05, 4.69) is 23.6 Å². The van der Waals surface area contributed by atoms with Crippen molar-refractivity contribution >= 4 is 0 Å². The number of nitrogens with zero attached hydrogens (tertiary/aromatic N) is 2. The molecule has 21 heavy (non-hydrogen) atoms. The highest BCUT2D eigenvalue weighted by Gasteiger charge is 2.33. The number of benzene rings is 1. The molecule has 1 heterocycles. The zero-order valence-electron chi connectivity index (χ0n) is 13.3. The molecule has 1 aromatic carbocycles. The van der Waals surface area contributed by atoms with Crippen LogP contribution in [0.3, 0.4) is 0 Å². The van der Waals surface area contributed by atoms with Crippen molar-refractivity contribution < 1.29 is 5.11 Å². The third kappa shape index (κ3) is 3.83. The average molecular weight is 291 g/mol. The van der Waals surface area contributed by atoms with Crippen LogP contribution in [0.25, 0.3) is 0 Å². The van der Waals surface area contributed by atoms with Crippen LogP contribution >= 0.6 is 0 Å². The molecule has 2 unspecified atom stereocenters. The predicted molar refractivity (Wildman–Crippen MR) is 87.2 cm³/mol. The van der Waals surface area contributed by atoms with E-state index < -0.39 is 5.54 Å². The van der Waals surface area contributed by atoms with Gasteiger partial charge in [0.1, 0.15) is 0 Å². The monoisotopic (exact) mass is 291 g/mol. The summed E-state index contributed by atoms with van der Waals surface area (Å²) in [6, 6.07) is 10.6. The zero-order valence-corrected chi connectivity index (χ0v) is 13.3. The molecule has 118 valence electrons. The summed E-state index contributed by atoms with van der Waals surface area (Å²) >= 11 is 0. The number of rotatable bonds is 7. The summed E-state index contributed by atoms with van der Waals surface area (Å²) in [5.74, 6) is 0. The predicted octanol–water partition coefficient (Wildman–Crippen LogP) is 1.25. The summed E-state index contributed by atoms with van der Waals surface area (Å²) in [5.41, 5.74) is 6.83. The summed E-state index contributed by atoms with van der Waals surface area (Å²) in [7, 11) is 0. The molecule has 1 saturated heterocycles. The average Bonchev–Trinajstić information content (AvgIpc) is 2.97. The molecule has 0 aromatic heterocycles. The number of likely N-dealkylation sites (N-methyl/N-ethyl adjacent to an activating group) is 1. The normalized spacial score (nSPS) is 22.6. The van der Waals surface area contributed by atoms with Gasteiger partial charge in [-0.1, -0.05) is 44.2 Å². The van der Waals surface area contributed by atoms with Gasteiger partial charge in [-0.05, 0) is 31.6 Å². The van der Waals surface area contributed by atoms with Crippen molar-refractivity contribution in [2.75, 3.05) is 39.3 Å². The van der Waals surface area contributed by atoms with Gasteiger partial charge in [0.2, 0.25) is 0 Å². The van der Waals surface area contributed by atoms with Gasteiger partial charge in [-0.2, -0.15) is 0 Å². The Morgan fingerprint density at radius 1 is 1.29 bits per heavy atom. The first-order chi connectivity index (χ1) is 10.1. The molecule has 2 atom stereocenters. The molecule has 1 aromatic rings. The second kappa shape index (κ2) is 7.36. The molecule has 1 fully saturated rings. The van der Waals surface area contributed by atoms with E-state index in [1.165, 1.54) is 6.42 Å². The van der Waals surface area contributed by atoms with Gasteiger partial charge < -0.3 is 10.8 Å². The van der Waals surface area contributed by atoms with E-state index in [0.29, 0.717) is 12.6 Å². The molecule has 0 saturated carbocycles. The molecular weight excluding hydrogens is 262 g/mol. The number of nitrogens with two attached hydrogens (primary N) is 1. The second-order valence-electron chi connectivity index (χ2n) is 6.08. The fourth-order valence-corrected chi connectivity index (χ4v) is 3.40. The largest absolute Gasteiger partial charge is 0.394 e. The Bertz CT molecular complexity index is 421. The van der Waals surface area contributed by atoms with Crippen molar-refractivity contribution in [2.24, 2.45) is 5.73 Å². The maximum atomic E-state index is 9.80. The molecule has 0 aliphatic carbocycles. The van der Waals surface area contributed by atoms with E-state index >= 15 is 0 Å². The van der Waals surface area contributed by atoms with Crippen LogP contribution in [0.2, 0.25) is 0 Å². The molecule has 0 amide bonds. The molecule has 2 rings (SSSR count). The molecule has 0 radical (unpaired) electrons. The van der Waals surface area contributed by atoms with E-state index in [0.717, 1.165) is 31.7 Å². The lowest BCUT2D eigenvalue weighted by Crippen LogP contribution is -2.50. The SMILES string of the molecule is CCN(CC)C1CCN(CC(N)(CO)c2ccccc2)C1. The molecule has 0 bridgehead atoms. The van der Waals surface area contributed by atoms with Crippen LogP contribution in [0, 0.1) is 0 Å². The standard InChI is InChI=1S/C17H29N3O/c1-3-20(4-2)16-10-11-19(12-16)13-17(18,14-21)15-8-6-5-7-9-15/h5-9,16,21H,3-4,10-14,18H2,1-2H3. The molecule has 1 aliphatic rings. The van der Waals surface area contributed by atoms with E-state index in [1.807, 2.05) is 30.3 Å².